The van der Waals surface area contributed by atoms with Gasteiger partial charge in [-0.1, -0.05) is 12.1 Å². The van der Waals surface area contributed by atoms with Gasteiger partial charge in [-0.15, -0.1) is 0 Å². The molecule has 1 saturated heterocycles. The van der Waals surface area contributed by atoms with Crippen LogP contribution >= 0.6 is 0 Å². The van der Waals surface area contributed by atoms with Gasteiger partial charge in [-0.05, 0) is 55.2 Å². The van der Waals surface area contributed by atoms with Gasteiger partial charge in [0.25, 0.3) is 5.91 Å². The fourth-order valence-corrected chi connectivity index (χ4v) is 3.00. The van der Waals surface area contributed by atoms with Crippen LogP contribution in [0.2, 0.25) is 0 Å². The average Bonchev–Trinajstić information content (AvgIpc) is 3.04. The number of hydrogen-bond donors (Lipinski definition) is 1. The van der Waals surface area contributed by atoms with Crippen molar-refractivity contribution in [2.24, 2.45) is 5.73 Å². The lowest BCUT2D eigenvalue weighted by Gasteiger charge is -2.22. The van der Waals surface area contributed by atoms with Gasteiger partial charge in [0.05, 0.1) is 0 Å². The molecule has 1 aromatic carbocycles. The van der Waals surface area contributed by atoms with Crippen LogP contribution in [0.25, 0.3) is 11.1 Å². The first kappa shape index (κ1) is 15.2. The van der Waals surface area contributed by atoms with Crippen molar-refractivity contribution >= 4 is 11.8 Å². The smallest absolute Gasteiger partial charge is 0.254 e. The van der Waals surface area contributed by atoms with Crippen molar-refractivity contribution in [2.75, 3.05) is 6.54 Å². The van der Waals surface area contributed by atoms with Crippen LogP contribution in [0.5, 0.6) is 0 Å². The van der Waals surface area contributed by atoms with Crippen molar-refractivity contribution in [1.82, 2.24) is 9.88 Å². The fraction of sp³-hybridized carbons (Fsp3) is 0.278. The van der Waals surface area contributed by atoms with Crippen molar-refractivity contribution in [3.63, 3.8) is 0 Å². The maximum Gasteiger partial charge on any atom is 0.254 e. The lowest BCUT2D eigenvalue weighted by molar-refractivity contribution is -0.121. The lowest BCUT2D eigenvalue weighted by atomic mass is 10.0. The minimum atomic E-state index is -0.481. The van der Waals surface area contributed by atoms with Gasteiger partial charge in [0.1, 0.15) is 6.04 Å². The topological polar surface area (TPSA) is 76.3 Å². The second kappa shape index (κ2) is 6.20. The van der Waals surface area contributed by atoms with Crippen LogP contribution < -0.4 is 5.73 Å². The van der Waals surface area contributed by atoms with Crippen LogP contribution in [0.1, 0.15) is 28.9 Å². The van der Waals surface area contributed by atoms with Gasteiger partial charge >= 0.3 is 0 Å². The number of pyridine rings is 1. The molecule has 5 nitrogen and oxygen atoms in total. The summed E-state index contributed by atoms with van der Waals surface area (Å²) in [6, 6.07) is 10.9. The monoisotopic (exact) mass is 309 g/mol. The Hall–Kier alpha value is -2.69. The van der Waals surface area contributed by atoms with Crippen LogP contribution in [0.4, 0.5) is 0 Å². The Morgan fingerprint density at radius 3 is 2.57 bits per heavy atom. The lowest BCUT2D eigenvalue weighted by Crippen LogP contribution is -2.43. The quantitative estimate of drug-likeness (QED) is 0.943. The molecular weight excluding hydrogens is 290 g/mol. The molecule has 0 aliphatic carbocycles. The number of benzene rings is 1. The average molecular weight is 309 g/mol. The van der Waals surface area contributed by atoms with Gasteiger partial charge in [0, 0.05) is 24.0 Å². The molecule has 2 amide bonds. The number of primary amides is 1. The first-order valence-corrected chi connectivity index (χ1v) is 7.69. The number of carbonyl (C=O) groups excluding carboxylic acids is 2. The highest BCUT2D eigenvalue weighted by Crippen LogP contribution is 2.23. The number of nitrogens with zero attached hydrogens (tertiary/aromatic N) is 2. The number of aromatic nitrogens is 1. The molecule has 0 radical (unpaired) electrons. The van der Waals surface area contributed by atoms with E-state index in [9.17, 15) is 9.59 Å². The number of hydrogen-bond acceptors (Lipinski definition) is 3. The summed E-state index contributed by atoms with van der Waals surface area (Å²) in [5, 5.41) is 0. The number of aryl methyl sites for hydroxylation is 1. The molecule has 0 bridgehead atoms. The Morgan fingerprint density at radius 1 is 1.17 bits per heavy atom. The van der Waals surface area contributed by atoms with E-state index in [2.05, 4.69) is 4.98 Å². The third kappa shape index (κ3) is 3.08. The summed E-state index contributed by atoms with van der Waals surface area (Å²) in [6.45, 7) is 2.52. The molecule has 0 unspecified atom stereocenters. The SMILES string of the molecule is Cc1cc(-c2ccc(C(=O)N3CCC[C@H]3C(N)=O)cc2)ccn1. The van der Waals surface area contributed by atoms with E-state index in [0.29, 0.717) is 18.5 Å². The number of carbonyl (C=O) groups is 2. The summed E-state index contributed by atoms with van der Waals surface area (Å²) in [7, 11) is 0. The predicted octanol–water partition coefficient (Wildman–Crippen LogP) is 2.15. The van der Waals surface area contributed by atoms with E-state index in [1.165, 1.54) is 0 Å². The van der Waals surface area contributed by atoms with Crippen LogP contribution in [0.3, 0.4) is 0 Å². The maximum atomic E-state index is 12.6. The first-order chi connectivity index (χ1) is 11.1. The number of amides is 2. The van der Waals surface area contributed by atoms with Gasteiger partial charge < -0.3 is 10.6 Å². The zero-order chi connectivity index (χ0) is 16.4. The molecule has 1 aliphatic rings. The van der Waals surface area contributed by atoms with Crippen molar-refractivity contribution in [2.45, 2.75) is 25.8 Å². The highest BCUT2D eigenvalue weighted by atomic mass is 16.2. The Balaban J connectivity index is 1.82. The van der Waals surface area contributed by atoms with Crippen molar-refractivity contribution in [1.29, 1.82) is 0 Å². The molecule has 1 fully saturated rings. The number of nitrogens with two attached hydrogens (primary N) is 1. The summed E-state index contributed by atoms with van der Waals surface area (Å²) < 4.78 is 0. The zero-order valence-electron chi connectivity index (χ0n) is 13.0. The molecule has 0 spiro atoms. The second-order valence-corrected chi connectivity index (χ2v) is 5.82. The van der Waals surface area contributed by atoms with E-state index in [-0.39, 0.29) is 5.91 Å². The Kier molecular flexibility index (Phi) is 4.10. The third-order valence-electron chi connectivity index (χ3n) is 4.20. The molecule has 0 saturated carbocycles. The maximum absolute atomic E-state index is 12.6. The molecule has 118 valence electrons. The van der Waals surface area contributed by atoms with E-state index in [1.54, 1.807) is 23.2 Å². The van der Waals surface area contributed by atoms with Crippen molar-refractivity contribution < 1.29 is 9.59 Å². The van der Waals surface area contributed by atoms with Gasteiger partial charge in [-0.2, -0.15) is 0 Å². The van der Waals surface area contributed by atoms with Crippen LogP contribution in [-0.4, -0.2) is 34.3 Å². The predicted molar refractivity (Wildman–Crippen MR) is 87.7 cm³/mol. The molecule has 1 atom stereocenters. The molecule has 2 aromatic rings. The fourth-order valence-electron chi connectivity index (χ4n) is 3.00. The highest BCUT2D eigenvalue weighted by Gasteiger charge is 2.32. The van der Waals surface area contributed by atoms with Crippen LogP contribution in [-0.2, 0) is 4.79 Å². The Bertz CT molecular complexity index is 740. The summed E-state index contributed by atoms with van der Waals surface area (Å²) in [5.41, 5.74) is 8.99. The largest absolute Gasteiger partial charge is 0.368 e. The van der Waals surface area contributed by atoms with Crippen LogP contribution in [0.15, 0.2) is 42.6 Å². The minimum absolute atomic E-state index is 0.135. The van der Waals surface area contributed by atoms with Crippen molar-refractivity contribution in [3.8, 4) is 11.1 Å². The second-order valence-electron chi connectivity index (χ2n) is 5.82. The van der Waals surface area contributed by atoms with E-state index in [0.717, 1.165) is 23.2 Å². The summed E-state index contributed by atoms with van der Waals surface area (Å²) in [4.78, 5) is 29.8. The Morgan fingerprint density at radius 2 is 1.91 bits per heavy atom. The number of likely N-dealkylation sites (tertiary alicyclic amines) is 1. The van der Waals surface area contributed by atoms with E-state index in [4.69, 9.17) is 5.73 Å². The molecule has 2 N–H and O–H groups in total. The van der Waals surface area contributed by atoms with E-state index >= 15 is 0 Å². The van der Waals surface area contributed by atoms with Gasteiger partial charge in [-0.25, -0.2) is 0 Å². The normalized spacial score (nSPS) is 17.3. The summed E-state index contributed by atoms with van der Waals surface area (Å²) in [5.74, 6) is -0.566. The van der Waals surface area contributed by atoms with Crippen molar-refractivity contribution in [3.05, 3.63) is 53.9 Å². The molecule has 1 aromatic heterocycles. The molecular formula is C18H19N3O2. The number of rotatable bonds is 3. The minimum Gasteiger partial charge on any atom is -0.368 e. The third-order valence-corrected chi connectivity index (χ3v) is 4.20. The molecule has 2 heterocycles. The Labute approximate surface area is 135 Å². The molecule has 1 aliphatic heterocycles. The van der Waals surface area contributed by atoms with Gasteiger partial charge in [0.2, 0.25) is 5.91 Å². The first-order valence-electron chi connectivity index (χ1n) is 7.69. The summed E-state index contributed by atoms with van der Waals surface area (Å²) >= 11 is 0. The standard InChI is InChI=1S/C18H19N3O2/c1-12-11-15(8-9-20-12)13-4-6-14(7-5-13)18(23)21-10-2-3-16(21)17(19)22/h4-9,11,16H,2-3,10H2,1H3,(H2,19,22)/t16-/m0/s1. The summed E-state index contributed by atoms with van der Waals surface area (Å²) in [6.07, 6.45) is 3.23. The molecule has 23 heavy (non-hydrogen) atoms. The van der Waals surface area contributed by atoms with Gasteiger partial charge in [-0.3, -0.25) is 14.6 Å². The molecule has 3 rings (SSSR count). The van der Waals surface area contributed by atoms with Gasteiger partial charge in [0.15, 0.2) is 0 Å². The van der Waals surface area contributed by atoms with E-state index < -0.39 is 11.9 Å². The zero-order valence-corrected chi connectivity index (χ0v) is 13.0. The van der Waals surface area contributed by atoms with E-state index in [1.807, 2.05) is 31.2 Å². The van der Waals surface area contributed by atoms with Crippen LogP contribution in [0, 0.1) is 6.92 Å². The molecule has 5 heteroatoms. The highest BCUT2D eigenvalue weighted by molar-refractivity contribution is 5.98.